The van der Waals surface area contributed by atoms with Crippen LogP contribution in [0.1, 0.15) is 49.7 Å². The van der Waals surface area contributed by atoms with E-state index >= 15 is 0 Å². The number of methoxy groups -OCH3 is 2. The van der Waals surface area contributed by atoms with E-state index in [0.29, 0.717) is 12.8 Å². The normalized spacial score (nSPS) is 14.2. The molecule has 3 rings (SSSR count). The molecule has 1 heterocycles. The molecule has 0 spiro atoms. The molecule has 0 bridgehead atoms. The van der Waals surface area contributed by atoms with Crippen LogP contribution in [0.2, 0.25) is 0 Å². The van der Waals surface area contributed by atoms with Crippen molar-refractivity contribution in [2.75, 3.05) is 32.9 Å². The van der Waals surface area contributed by atoms with Crippen LogP contribution in [0.25, 0.3) is 0 Å². The minimum absolute atomic E-state index is 0.0521. The van der Waals surface area contributed by atoms with E-state index in [2.05, 4.69) is 10.7 Å². The van der Waals surface area contributed by atoms with Gasteiger partial charge in [-0.3, -0.25) is 9.59 Å². The lowest BCUT2D eigenvalue weighted by Crippen LogP contribution is -2.44. The van der Waals surface area contributed by atoms with Crippen molar-refractivity contribution in [1.29, 1.82) is 0 Å². The molecule has 2 N–H and O–H groups in total. The lowest BCUT2D eigenvalue weighted by molar-refractivity contribution is -0.142. The summed E-state index contributed by atoms with van der Waals surface area (Å²) in [6.07, 6.45) is 1.32. The van der Waals surface area contributed by atoms with Crippen molar-refractivity contribution >= 4 is 12.0 Å². The molecule has 1 aromatic carbocycles. The molecule has 11 nitrogen and oxygen atoms in total. The Morgan fingerprint density at radius 3 is 2.35 bits per heavy atom. The number of carbonyl (C=O) groups is 2. The van der Waals surface area contributed by atoms with Gasteiger partial charge in [0, 0.05) is 26.5 Å². The Hall–Kier alpha value is -3.41. The molecule has 1 aromatic heterocycles. The fraction of sp³-hybridized carbons (Fsp3) is 0.500. The minimum atomic E-state index is -0.797. The van der Waals surface area contributed by atoms with E-state index in [1.54, 1.807) is 20.8 Å². The lowest BCUT2D eigenvalue weighted by atomic mass is 10.2. The monoisotopic (exact) mass is 517 g/mol. The van der Waals surface area contributed by atoms with Gasteiger partial charge < -0.3 is 29.0 Å². The summed E-state index contributed by atoms with van der Waals surface area (Å²) in [6, 6.07) is 10.4. The molecule has 1 saturated carbocycles. The van der Waals surface area contributed by atoms with E-state index in [-0.39, 0.29) is 31.3 Å². The number of hydrogen-bond acceptors (Lipinski definition) is 8. The third kappa shape index (κ3) is 8.31. The van der Waals surface area contributed by atoms with Gasteiger partial charge >= 0.3 is 6.09 Å². The van der Waals surface area contributed by atoms with Crippen LogP contribution in [-0.4, -0.2) is 61.5 Å². The molecule has 2 amide bonds. The van der Waals surface area contributed by atoms with Crippen LogP contribution >= 0.6 is 0 Å². The number of carbonyl (C=O) groups excluding carboxylic acids is 2. The van der Waals surface area contributed by atoms with Crippen LogP contribution < -0.4 is 20.9 Å². The molecular weight excluding hydrogens is 482 g/mol. The van der Waals surface area contributed by atoms with Gasteiger partial charge in [0.25, 0.3) is 5.91 Å². The average Bonchev–Trinajstić information content (AvgIpc) is 3.60. The quantitative estimate of drug-likeness (QED) is 0.412. The maximum atomic E-state index is 13.5. The van der Waals surface area contributed by atoms with E-state index < -0.39 is 34.9 Å². The van der Waals surface area contributed by atoms with E-state index in [0.717, 1.165) is 10.2 Å². The van der Waals surface area contributed by atoms with Gasteiger partial charge in [-0.05, 0) is 39.2 Å². The highest BCUT2D eigenvalue weighted by Crippen LogP contribution is 2.36. The lowest BCUT2D eigenvalue weighted by Gasteiger charge is -2.24. The Balaban J connectivity index is 1.85. The molecule has 0 atom stereocenters. The number of pyridine rings is 1. The Labute approximate surface area is 216 Å². The van der Waals surface area contributed by atoms with Crippen LogP contribution in [0.15, 0.2) is 47.4 Å². The second kappa shape index (κ2) is 12.2. The van der Waals surface area contributed by atoms with E-state index in [1.165, 1.54) is 26.5 Å². The first-order valence-electron chi connectivity index (χ1n) is 11.9. The maximum absolute atomic E-state index is 13.5. The van der Waals surface area contributed by atoms with Crippen molar-refractivity contribution in [3.05, 3.63) is 64.1 Å². The third-order valence-corrected chi connectivity index (χ3v) is 5.50. The molecule has 0 radical (unpaired) electrons. The van der Waals surface area contributed by atoms with E-state index in [4.69, 9.17) is 23.7 Å². The second-order valence-corrected chi connectivity index (χ2v) is 9.77. The standard InChI is InChI=1S/C26H35N3O8/c1-25(2,3)37-24(32)28-29-14-11-19(30)22(36-15-18-9-7-6-8-10-18)21(29)23(31)27-26(12-13-26)17-35-16-20(33-4)34-5/h6-11,14,20H,12-13,15-17H2,1-5H3,(H,27,31)(H,28,32). The Kier molecular flexibility index (Phi) is 9.30. The molecule has 2 aromatic rings. The highest BCUT2D eigenvalue weighted by molar-refractivity contribution is 5.96. The van der Waals surface area contributed by atoms with Crippen molar-refractivity contribution in [2.24, 2.45) is 0 Å². The van der Waals surface area contributed by atoms with Gasteiger partial charge in [0.2, 0.25) is 5.43 Å². The molecule has 0 saturated heterocycles. The Bertz CT molecular complexity index is 1120. The second-order valence-electron chi connectivity index (χ2n) is 9.77. The molecule has 202 valence electrons. The summed E-state index contributed by atoms with van der Waals surface area (Å²) in [6.45, 7) is 5.61. The van der Waals surface area contributed by atoms with E-state index in [1.807, 2.05) is 30.3 Å². The predicted octanol–water partition coefficient (Wildman–Crippen LogP) is 2.80. The van der Waals surface area contributed by atoms with Gasteiger partial charge in [-0.25, -0.2) is 14.9 Å². The maximum Gasteiger partial charge on any atom is 0.426 e. The van der Waals surface area contributed by atoms with Gasteiger partial charge in [0.1, 0.15) is 12.2 Å². The topological polar surface area (TPSA) is 126 Å². The molecule has 0 unspecified atom stereocenters. The molecule has 1 aliphatic carbocycles. The van der Waals surface area contributed by atoms with Crippen LogP contribution in [0.5, 0.6) is 5.75 Å². The predicted molar refractivity (Wildman–Crippen MR) is 135 cm³/mol. The molecule has 0 aliphatic heterocycles. The average molecular weight is 518 g/mol. The SMILES string of the molecule is COC(COCC1(NC(=O)c2c(OCc3ccccc3)c(=O)ccn2NC(=O)OC(C)(C)C)CC1)OC. The fourth-order valence-corrected chi connectivity index (χ4v) is 3.43. The number of nitrogens with zero attached hydrogens (tertiary/aromatic N) is 1. The molecule has 11 heteroatoms. The summed E-state index contributed by atoms with van der Waals surface area (Å²) in [4.78, 5) is 38.8. The highest BCUT2D eigenvalue weighted by Gasteiger charge is 2.45. The van der Waals surface area contributed by atoms with Gasteiger partial charge in [-0.1, -0.05) is 30.3 Å². The number of aromatic nitrogens is 1. The van der Waals surface area contributed by atoms with Gasteiger partial charge in [-0.15, -0.1) is 0 Å². The fourth-order valence-electron chi connectivity index (χ4n) is 3.43. The minimum Gasteiger partial charge on any atom is -0.482 e. The summed E-state index contributed by atoms with van der Waals surface area (Å²) < 4.78 is 28.2. The zero-order valence-electron chi connectivity index (χ0n) is 21.9. The molecule has 1 aliphatic rings. The number of ether oxygens (including phenoxy) is 5. The summed E-state index contributed by atoms with van der Waals surface area (Å²) >= 11 is 0. The number of hydrogen-bond donors (Lipinski definition) is 2. The summed E-state index contributed by atoms with van der Waals surface area (Å²) in [7, 11) is 3.02. The smallest absolute Gasteiger partial charge is 0.426 e. The first-order chi connectivity index (χ1) is 17.6. The number of benzene rings is 1. The molecule has 1 fully saturated rings. The number of rotatable bonds is 12. The highest BCUT2D eigenvalue weighted by atomic mass is 16.7. The zero-order valence-corrected chi connectivity index (χ0v) is 21.9. The van der Waals surface area contributed by atoms with Crippen molar-refractivity contribution in [1.82, 2.24) is 9.99 Å². The largest absolute Gasteiger partial charge is 0.482 e. The Morgan fingerprint density at radius 1 is 1.08 bits per heavy atom. The number of nitrogens with one attached hydrogen (secondary N) is 2. The van der Waals surface area contributed by atoms with E-state index in [9.17, 15) is 14.4 Å². The third-order valence-electron chi connectivity index (χ3n) is 5.50. The zero-order chi connectivity index (χ0) is 27.1. The number of amides is 2. The van der Waals surface area contributed by atoms with Crippen LogP contribution in [0, 0.1) is 0 Å². The summed E-state index contributed by atoms with van der Waals surface area (Å²) in [5, 5.41) is 2.94. The van der Waals surface area contributed by atoms with Gasteiger partial charge in [-0.2, -0.15) is 0 Å². The van der Waals surface area contributed by atoms with Crippen LogP contribution in [0.3, 0.4) is 0 Å². The Morgan fingerprint density at radius 2 is 1.76 bits per heavy atom. The molecule has 37 heavy (non-hydrogen) atoms. The molecular formula is C26H35N3O8. The van der Waals surface area contributed by atoms with Crippen LogP contribution in [-0.2, 0) is 25.6 Å². The summed E-state index contributed by atoms with van der Waals surface area (Å²) in [5.41, 5.74) is 1.25. The van der Waals surface area contributed by atoms with Crippen molar-refractivity contribution in [3.63, 3.8) is 0 Å². The van der Waals surface area contributed by atoms with Crippen molar-refractivity contribution in [3.8, 4) is 5.75 Å². The van der Waals surface area contributed by atoms with Gasteiger partial charge in [0.15, 0.2) is 17.7 Å². The first-order valence-corrected chi connectivity index (χ1v) is 11.9. The van der Waals surface area contributed by atoms with Crippen molar-refractivity contribution < 1.29 is 33.3 Å². The van der Waals surface area contributed by atoms with Crippen LogP contribution in [0.4, 0.5) is 4.79 Å². The first kappa shape index (κ1) is 28.2. The van der Waals surface area contributed by atoms with Gasteiger partial charge in [0.05, 0.1) is 18.8 Å². The summed E-state index contributed by atoms with van der Waals surface area (Å²) in [5.74, 6) is -0.802. The van der Waals surface area contributed by atoms with Crippen molar-refractivity contribution in [2.45, 2.75) is 57.6 Å².